The first-order valence-corrected chi connectivity index (χ1v) is 40.7. The molecule has 0 saturated heterocycles. The highest BCUT2D eigenvalue weighted by molar-refractivity contribution is 7.47. The highest BCUT2D eigenvalue weighted by atomic mass is 31.2. The average Bonchev–Trinajstić information content (AvgIpc) is 1.06. The molecule has 0 radical (unpaired) electrons. The molecule has 0 aliphatic carbocycles. The fourth-order valence-corrected chi connectivity index (χ4v) is 10.9. The first kappa shape index (κ1) is 94.7. The topological polar surface area (TPSA) is 237 Å². The van der Waals surface area contributed by atoms with Crippen LogP contribution in [0.1, 0.15) is 272 Å². The lowest BCUT2D eigenvalue weighted by Gasteiger charge is -2.21. The second-order valence-corrected chi connectivity index (χ2v) is 27.4. The van der Waals surface area contributed by atoms with Gasteiger partial charge in [0.1, 0.15) is 19.3 Å². The Hall–Kier alpha value is -5.32. The van der Waals surface area contributed by atoms with Gasteiger partial charge in [-0.3, -0.25) is 37.3 Å². The van der Waals surface area contributed by atoms with Crippen molar-refractivity contribution in [2.75, 3.05) is 39.6 Å². The SMILES string of the molecule is CC/C=C\C/C=C\C/C=C\C/C=C\C/C=C\CCCC(=O)OCC(COP(=O)(O)OCC(O)COP(=O)(O)OCC(COC(=O)CCCCCCC/C=C\CCCCCCCC)OC(=O)CCCCCCC/C=C\C/C=C\CCC)OC(=O)C/C=C\C/C=C\C/C=C\C/C=C\C/C=C\CC. The Morgan fingerprint density at radius 2 is 0.590 bits per heavy atom. The molecule has 0 heterocycles. The van der Waals surface area contributed by atoms with Crippen LogP contribution in [-0.4, -0.2) is 96.7 Å². The molecule has 0 aliphatic rings. The monoisotopic (exact) mass is 1440 g/mol. The van der Waals surface area contributed by atoms with Crippen molar-refractivity contribution in [3.05, 3.63) is 158 Å². The van der Waals surface area contributed by atoms with Gasteiger partial charge >= 0.3 is 39.5 Å². The normalized spacial score (nSPS) is 14.8. The third kappa shape index (κ3) is 71.1. The fourth-order valence-electron chi connectivity index (χ4n) is 9.30. The van der Waals surface area contributed by atoms with Crippen molar-refractivity contribution in [1.29, 1.82) is 0 Å². The first-order chi connectivity index (χ1) is 48.7. The quantitative estimate of drug-likeness (QED) is 0.0169. The molecule has 0 aromatic heterocycles. The van der Waals surface area contributed by atoms with E-state index in [1.54, 1.807) is 12.2 Å². The van der Waals surface area contributed by atoms with Crippen LogP contribution in [0.25, 0.3) is 0 Å². The number of aliphatic hydroxyl groups is 1. The molecular weight excluding hydrogens is 1310 g/mol. The van der Waals surface area contributed by atoms with Crippen LogP contribution in [-0.2, 0) is 65.4 Å². The molecule has 0 amide bonds. The molecule has 0 saturated carbocycles. The summed E-state index contributed by atoms with van der Waals surface area (Å²) in [5.74, 6) is -2.43. The number of carbonyl (C=O) groups is 4. The molecule has 0 aromatic carbocycles. The summed E-state index contributed by atoms with van der Waals surface area (Å²) in [5.41, 5.74) is 0. The van der Waals surface area contributed by atoms with E-state index in [9.17, 15) is 43.2 Å². The summed E-state index contributed by atoms with van der Waals surface area (Å²) in [4.78, 5) is 72.7. The number of aliphatic hydroxyl groups excluding tert-OH is 1. The zero-order chi connectivity index (χ0) is 73.2. The molecule has 19 heteroatoms. The molecule has 5 atom stereocenters. The summed E-state index contributed by atoms with van der Waals surface area (Å²) in [7, 11) is -10.0. The van der Waals surface area contributed by atoms with Gasteiger partial charge in [-0.05, 0) is 141 Å². The number of allylic oxidation sites excluding steroid dienone is 25. The minimum atomic E-state index is -5.02. The van der Waals surface area contributed by atoms with Crippen LogP contribution in [0.4, 0.5) is 0 Å². The van der Waals surface area contributed by atoms with Crippen molar-refractivity contribution in [3.8, 4) is 0 Å². The maximum Gasteiger partial charge on any atom is 0.472 e. The lowest BCUT2D eigenvalue weighted by molar-refractivity contribution is -0.161. The van der Waals surface area contributed by atoms with E-state index in [1.165, 1.54) is 38.5 Å². The van der Waals surface area contributed by atoms with Crippen LogP contribution >= 0.6 is 15.6 Å². The maximum atomic E-state index is 13.1. The third-order valence-corrected chi connectivity index (χ3v) is 16.9. The fraction of sp³-hybridized carbons (Fsp3) is 0.630. The Balaban J connectivity index is 5.49. The summed E-state index contributed by atoms with van der Waals surface area (Å²) in [6, 6.07) is 0. The Bertz CT molecular complexity index is 2520. The van der Waals surface area contributed by atoms with E-state index in [0.29, 0.717) is 32.1 Å². The second kappa shape index (κ2) is 72.0. The first-order valence-electron chi connectivity index (χ1n) is 37.7. The molecule has 568 valence electrons. The highest BCUT2D eigenvalue weighted by Gasteiger charge is 2.30. The zero-order valence-corrected chi connectivity index (χ0v) is 63.6. The van der Waals surface area contributed by atoms with Gasteiger partial charge in [0, 0.05) is 19.3 Å². The largest absolute Gasteiger partial charge is 0.472 e. The van der Waals surface area contributed by atoms with Crippen molar-refractivity contribution in [2.45, 2.75) is 290 Å². The molecular formula is C81H132O17P2. The minimum Gasteiger partial charge on any atom is -0.462 e. The number of esters is 4. The standard InChI is InChI=1S/C81H132O17P2/c1-5-9-13-17-21-25-29-33-36-37-40-43-46-50-54-58-62-66-79(84)92-72-77(98-81(86)68-64-60-56-52-48-44-39-35-31-27-23-19-15-11-7-3)74-96-100(89,90)94-70-75(82)69-93-99(87,88)95-73-76(97-80(85)67-63-59-55-51-47-41-32-28-24-20-16-12-8-4)71-91-78(83)65-61-57-53-49-45-42-38-34-30-26-22-18-14-10-6-2/h9,11,13,15-16,20-21,23,25,27-28,32-36,38-40,43,48,50,52,54,60,64,75-77,82H,5-8,10,12,14,17-19,22,24,26,29-31,37,41-42,44-47,49,51,53,55-59,61-63,65-74H2,1-4H3,(H,87,88)(H,89,90)/b13-9-,15-11-,20-16-,25-21-,27-23-,32-28-,36-33-,38-34-,39-35-,43-40-,52-48-,54-50-,64-60-. The van der Waals surface area contributed by atoms with Gasteiger partial charge in [-0.2, -0.15) is 0 Å². The van der Waals surface area contributed by atoms with E-state index < -0.39 is 97.5 Å². The van der Waals surface area contributed by atoms with Crippen molar-refractivity contribution in [2.24, 2.45) is 0 Å². The molecule has 5 unspecified atom stereocenters. The van der Waals surface area contributed by atoms with Crippen molar-refractivity contribution < 1.29 is 80.2 Å². The summed E-state index contributed by atoms with van der Waals surface area (Å²) >= 11 is 0. The number of carbonyl (C=O) groups excluding carboxylic acids is 4. The molecule has 0 aromatic rings. The van der Waals surface area contributed by atoms with Crippen LogP contribution in [0.2, 0.25) is 0 Å². The number of phosphoric acid groups is 2. The van der Waals surface area contributed by atoms with Gasteiger partial charge in [-0.15, -0.1) is 0 Å². The third-order valence-electron chi connectivity index (χ3n) is 15.0. The number of hydrogen-bond donors (Lipinski definition) is 3. The zero-order valence-electron chi connectivity index (χ0n) is 61.8. The van der Waals surface area contributed by atoms with Gasteiger partial charge in [-0.1, -0.05) is 263 Å². The van der Waals surface area contributed by atoms with Crippen molar-refractivity contribution in [1.82, 2.24) is 0 Å². The highest BCUT2D eigenvalue weighted by Crippen LogP contribution is 2.45. The molecule has 0 bridgehead atoms. The van der Waals surface area contributed by atoms with Gasteiger partial charge in [0.25, 0.3) is 0 Å². The van der Waals surface area contributed by atoms with Gasteiger partial charge in [0.15, 0.2) is 12.2 Å². The van der Waals surface area contributed by atoms with Gasteiger partial charge in [-0.25, -0.2) is 9.13 Å². The molecule has 0 fully saturated rings. The van der Waals surface area contributed by atoms with Gasteiger partial charge in [0.2, 0.25) is 0 Å². The van der Waals surface area contributed by atoms with Crippen LogP contribution < -0.4 is 0 Å². The van der Waals surface area contributed by atoms with Crippen LogP contribution in [0.3, 0.4) is 0 Å². The Morgan fingerprint density at radius 1 is 0.300 bits per heavy atom. The molecule has 0 spiro atoms. The second-order valence-electron chi connectivity index (χ2n) is 24.5. The van der Waals surface area contributed by atoms with Gasteiger partial charge in [0.05, 0.1) is 32.8 Å². The summed E-state index contributed by atoms with van der Waals surface area (Å²) in [6.07, 6.45) is 82.8. The molecule has 0 aliphatic heterocycles. The van der Waals surface area contributed by atoms with E-state index in [0.717, 1.165) is 148 Å². The summed E-state index contributed by atoms with van der Waals surface area (Å²) < 4.78 is 68.2. The molecule has 17 nitrogen and oxygen atoms in total. The Kier molecular flexibility index (Phi) is 68.2. The van der Waals surface area contributed by atoms with E-state index in [2.05, 4.69) is 149 Å². The summed E-state index contributed by atoms with van der Waals surface area (Å²) in [6.45, 7) is 4.34. The van der Waals surface area contributed by atoms with E-state index in [1.807, 2.05) is 24.3 Å². The summed E-state index contributed by atoms with van der Waals surface area (Å²) in [5, 5.41) is 10.6. The van der Waals surface area contributed by atoms with Crippen LogP contribution in [0, 0.1) is 0 Å². The molecule has 100 heavy (non-hydrogen) atoms. The Labute approximate surface area is 604 Å². The smallest absolute Gasteiger partial charge is 0.462 e. The Morgan fingerprint density at radius 3 is 0.980 bits per heavy atom. The van der Waals surface area contributed by atoms with E-state index in [-0.39, 0.29) is 25.7 Å². The van der Waals surface area contributed by atoms with Crippen molar-refractivity contribution >= 4 is 39.5 Å². The predicted octanol–water partition coefficient (Wildman–Crippen LogP) is 21.7. The lowest BCUT2D eigenvalue weighted by atomic mass is 10.1. The number of unbranched alkanes of at least 4 members (excludes halogenated alkanes) is 18. The van der Waals surface area contributed by atoms with Gasteiger partial charge < -0.3 is 33.8 Å². The predicted molar refractivity (Wildman–Crippen MR) is 408 cm³/mol. The number of ether oxygens (including phenoxy) is 4. The molecule has 3 N–H and O–H groups in total. The van der Waals surface area contributed by atoms with Crippen molar-refractivity contribution in [3.63, 3.8) is 0 Å². The van der Waals surface area contributed by atoms with Crippen LogP contribution in [0.5, 0.6) is 0 Å². The lowest BCUT2D eigenvalue weighted by Crippen LogP contribution is -2.30. The van der Waals surface area contributed by atoms with E-state index >= 15 is 0 Å². The average molecular weight is 1440 g/mol. The van der Waals surface area contributed by atoms with E-state index in [4.69, 9.17) is 37.0 Å². The number of hydrogen-bond acceptors (Lipinski definition) is 15. The molecule has 0 rings (SSSR count). The number of rotatable bonds is 69. The maximum absolute atomic E-state index is 13.1. The number of phosphoric ester groups is 2. The minimum absolute atomic E-state index is 0.0578. The van der Waals surface area contributed by atoms with Crippen LogP contribution in [0.15, 0.2) is 158 Å².